The lowest BCUT2D eigenvalue weighted by atomic mass is 10.0. The number of carbonyl (C=O) groups excluding carboxylic acids is 1. The van der Waals surface area contributed by atoms with Crippen LogP contribution in [0, 0.1) is 0 Å². The van der Waals surface area contributed by atoms with Crippen LogP contribution in [0.25, 0.3) is 0 Å². The van der Waals surface area contributed by atoms with Gasteiger partial charge < -0.3 is 10.2 Å². The van der Waals surface area contributed by atoms with Crippen LogP contribution in [0.15, 0.2) is 54.6 Å². The summed E-state index contributed by atoms with van der Waals surface area (Å²) in [7, 11) is 0. The second-order valence-corrected chi connectivity index (χ2v) is 5.46. The van der Waals surface area contributed by atoms with E-state index >= 15 is 0 Å². The van der Waals surface area contributed by atoms with E-state index in [9.17, 15) is 19.8 Å². The topological polar surface area (TPSA) is 77.8 Å². The molecule has 0 radical (unpaired) electrons. The standard InChI is InChI=1S/C17H16ClNO4/c18-19(16(21)11-12-4-2-1-3-5-12)15(17(22)23)10-13-6-8-14(20)9-7-13/h1-9,15,20H,10-11H2,(H,22,23)/t15-/m0/s1. The molecule has 0 aliphatic carbocycles. The zero-order valence-electron chi connectivity index (χ0n) is 12.2. The predicted octanol–water partition coefficient (Wildman–Crippen LogP) is 2.61. The molecule has 0 spiro atoms. The van der Waals surface area contributed by atoms with Crippen molar-refractivity contribution in [3.05, 3.63) is 65.7 Å². The average Bonchev–Trinajstić information content (AvgIpc) is 2.54. The van der Waals surface area contributed by atoms with E-state index < -0.39 is 17.9 Å². The smallest absolute Gasteiger partial charge is 0.328 e. The van der Waals surface area contributed by atoms with E-state index in [2.05, 4.69) is 0 Å². The summed E-state index contributed by atoms with van der Waals surface area (Å²) in [6, 6.07) is 13.9. The Morgan fingerprint density at radius 1 is 1.00 bits per heavy atom. The highest BCUT2D eigenvalue weighted by molar-refractivity contribution is 6.22. The molecule has 6 heteroatoms. The number of hydrogen-bond donors (Lipinski definition) is 2. The maximum Gasteiger partial charge on any atom is 0.328 e. The van der Waals surface area contributed by atoms with Crippen LogP contribution in [0.4, 0.5) is 0 Å². The van der Waals surface area contributed by atoms with Crippen molar-refractivity contribution in [1.29, 1.82) is 0 Å². The number of aromatic hydroxyl groups is 1. The lowest BCUT2D eigenvalue weighted by Crippen LogP contribution is -2.41. The normalized spacial score (nSPS) is 11.7. The van der Waals surface area contributed by atoms with Crippen LogP contribution in [0.5, 0.6) is 5.75 Å². The Morgan fingerprint density at radius 2 is 1.61 bits per heavy atom. The SMILES string of the molecule is O=C(O)[C@H](Cc1ccc(O)cc1)N(Cl)C(=O)Cc1ccccc1. The van der Waals surface area contributed by atoms with Gasteiger partial charge in [-0.15, -0.1) is 0 Å². The van der Waals surface area contributed by atoms with Crippen LogP contribution in [-0.4, -0.2) is 32.6 Å². The van der Waals surface area contributed by atoms with E-state index in [1.54, 1.807) is 36.4 Å². The van der Waals surface area contributed by atoms with Gasteiger partial charge in [0.05, 0.1) is 6.42 Å². The highest BCUT2D eigenvalue weighted by Gasteiger charge is 2.28. The second kappa shape index (κ2) is 7.65. The molecule has 1 atom stereocenters. The van der Waals surface area contributed by atoms with Gasteiger partial charge in [-0.05, 0) is 23.3 Å². The molecule has 2 N–H and O–H groups in total. The number of nitrogens with zero attached hydrogens (tertiary/aromatic N) is 1. The summed E-state index contributed by atoms with van der Waals surface area (Å²) in [5.41, 5.74) is 1.42. The van der Waals surface area contributed by atoms with E-state index in [4.69, 9.17) is 11.8 Å². The fourth-order valence-corrected chi connectivity index (χ4v) is 2.35. The number of hydrogen-bond acceptors (Lipinski definition) is 3. The van der Waals surface area contributed by atoms with Crippen LogP contribution in [0.1, 0.15) is 11.1 Å². The zero-order chi connectivity index (χ0) is 16.8. The van der Waals surface area contributed by atoms with Gasteiger partial charge in [-0.25, -0.2) is 9.21 Å². The summed E-state index contributed by atoms with van der Waals surface area (Å²) in [5, 5.41) is 18.6. The largest absolute Gasteiger partial charge is 0.508 e. The summed E-state index contributed by atoms with van der Waals surface area (Å²) in [6.07, 6.45) is 0.0866. The van der Waals surface area contributed by atoms with Gasteiger partial charge >= 0.3 is 5.97 Å². The monoisotopic (exact) mass is 333 g/mol. The summed E-state index contributed by atoms with van der Waals surface area (Å²) in [4.78, 5) is 23.6. The molecule has 0 aromatic heterocycles. The van der Waals surface area contributed by atoms with Gasteiger partial charge in [0.2, 0.25) is 5.91 Å². The van der Waals surface area contributed by atoms with Crippen molar-refractivity contribution >= 4 is 23.7 Å². The Bertz CT molecular complexity index is 673. The van der Waals surface area contributed by atoms with E-state index in [0.717, 1.165) is 9.98 Å². The Labute approximate surface area is 138 Å². The number of aliphatic carboxylic acids is 1. The van der Waals surface area contributed by atoms with Gasteiger partial charge in [0.25, 0.3) is 0 Å². The summed E-state index contributed by atoms with van der Waals surface area (Å²) >= 11 is 5.98. The Morgan fingerprint density at radius 3 is 2.17 bits per heavy atom. The number of carboxylic acid groups (broad SMARTS) is 1. The van der Waals surface area contributed by atoms with E-state index in [1.165, 1.54) is 12.1 Å². The van der Waals surface area contributed by atoms with Crippen LogP contribution < -0.4 is 0 Å². The first-order chi connectivity index (χ1) is 11.0. The van der Waals surface area contributed by atoms with Crippen LogP contribution >= 0.6 is 11.8 Å². The number of rotatable bonds is 6. The third-order valence-corrected chi connectivity index (χ3v) is 3.78. The van der Waals surface area contributed by atoms with Crippen molar-refractivity contribution < 1.29 is 19.8 Å². The first-order valence-corrected chi connectivity index (χ1v) is 7.33. The average molecular weight is 334 g/mol. The highest BCUT2D eigenvalue weighted by Crippen LogP contribution is 2.16. The Kier molecular flexibility index (Phi) is 5.60. The Hall–Kier alpha value is -2.53. The van der Waals surface area contributed by atoms with Crippen molar-refractivity contribution in [3.63, 3.8) is 0 Å². The third-order valence-electron chi connectivity index (χ3n) is 3.36. The van der Waals surface area contributed by atoms with E-state index in [1.807, 2.05) is 6.07 Å². The van der Waals surface area contributed by atoms with Crippen molar-refractivity contribution in [1.82, 2.24) is 4.42 Å². The molecule has 1 amide bonds. The van der Waals surface area contributed by atoms with Crippen molar-refractivity contribution in [3.8, 4) is 5.75 Å². The minimum Gasteiger partial charge on any atom is -0.508 e. The lowest BCUT2D eigenvalue weighted by Gasteiger charge is -2.22. The van der Waals surface area contributed by atoms with E-state index in [-0.39, 0.29) is 18.6 Å². The fraction of sp³-hybridized carbons (Fsp3) is 0.176. The van der Waals surface area contributed by atoms with Gasteiger partial charge in [0, 0.05) is 18.2 Å². The number of carboxylic acids is 1. The highest BCUT2D eigenvalue weighted by atomic mass is 35.5. The van der Waals surface area contributed by atoms with Crippen LogP contribution in [0.2, 0.25) is 0 Å². The molecule has 23 heavy (non-hydrogen) atoms. The first kappa shape index (κ1) is 16.8. The minimum atomic E-state index is -1.19. The van der Waals surface area contributed by atoms with Crippen molar-refractivity contribution in [2.24, 2.45) is 0 Å². The number of halogens is 1. The molecule has 0 aliphatic rings. The molecule has 5 nitrogen and oxygen atoms in total. The number of phenols is 1. The fourth-order valence-electron chi connectivity index (χ4n) is 2.14. The molecule has 0 unspecified atom stereocenters. The van der Waals surface area contributed by atoms with Gasteiger partial charge in [0.15, 0.2) is 0 Å². The number of amides is 1. The molecule has 2 rings (SSSR count). The lowest BCUT2D eigenvalue weighted by molar-refractivity contribution is -0.145. The molecule has 2 aromatic carbocycles. The molecule has 0 bridgehead atoms. The predicted molar refractivity (Wildman–Crippen MR) is 86.1 cm³/mol. The zero-order valence-corrected chi connectivity index (χ0v) is 13.0. The molecule has 0 saturated carbocycles. The summed E-state index contributed by atoms with van der Waals surface area (Å²) < 4.78 is 0.738. The molecule has 0 saturated heterocycles. The van der Waals surface area contributed by atoms with Crippen molar-refractivity contribution in [2.75, 3.05) is 0 Å². The molecular weight excluding hydrogens is 318 g/mol. The molecule has 0 aliphatic heterocycles. The van der Waals surface area contributed by atoms with Crippen LogP contribution in [-0.2, 0) is 22.4 Å². The first-order valence-electron chi connectivity index (χ1n) is 7.00. The number of carbonyl (C=O) groups is 2. The van der Waals surface area contributed by atoms with E-state index in [0.29, 0.717) is 5.56 Å². The summed E-state index contributed by atoms with van der Waals surface area (Å²) in [5.74, 6) is -1.58. The maximum atomic E-state index is 12.2. The van der Waals surface area contributed by atoms with Crippen molar-refractivity contribution in [2.45, 2.75) is 18.9 Å². The number of benzene rings is 2. The van der Waals surface area contributed by atoms with Gasteiger partial charge in [0.1, 0.15) is 11.8 Å². The Balaban J connectivity index is 2.08. The molecule has 120 valence electrons. The van der Waals surface area contributed by atoms with Crippen LogP contribution in [0.3, 0.4) is 0 Å². The third kappa shape index (κ3) is 4.72. The summed E-state index contributed by atoms with van der Waals surface area (Å²) in [6.45, 7) is 0. The molecule has 2 aromatic rings. The minimum absolute atomic E-state index is 0.0314. The molecule has 0 fully saturated rings. The van der Waals surface area contributed by atoms with Gasteiger partial charge in [-0.2, -0.15) is 0 Å². The second-order valence-electron chi connectivity index (χ2n) is 5.09. The molecule has 0 heterocycles. The molecular formula is C17H16ClNO4. The van der Waals surface area contributed by atoms with Gasteiger partial charge in [-0.1, -0.05) is 42.5 Å². The maximum absolute atomic E-state index is 12.2. The quantitative estimate of drug-likeness (QED) is 0.797. The number of phenolic OH excluding ortho intramolecular Hbond substituents is 1. The van der Waals surface area contributed by atoms with Gasteiger partial charge in [-0.3, -0.25) is 4.79 Å².